The van der Waals surface area contributed by atoms with Crippen molar-refractivity contribution in [3.63, 3.8) is 0 Å². The highest BCUT2D eigenvalue weighted by Gasteiger charge is 2.07. The van der Waals surface area contributed by atoms with Crippen LogP contribution in [0.3, 0.4) is 0 Å². The lowest BCUT2D eigenvalue weighted by Gasteiger charge is -2.13. The Morgan fingerprint density at radius 1 is 1.20 bits per heavy atom. The predicted molar refractivity (Wildman–Crippen MR) is 115 cm³/mol. The first-order chi connectivity index (χ1) is 11.7. The van der Waals surface area contributed by atoms with Crippen LogP contribution in [0, 0.1) is 0 Å². The number of anilines is 1. The molecule has 0 aliphatic carbocycles. The Morgan fingerprint density at radius 3 is 2.56 bits per heavy atom. The van der Waals surface area contributed by atoms with Gasteiger partial charge in [0.2, 0.25) is 0 Å². The first-order valence-corrected chi connectivity index (χ1v) is 8.72. The number of benzene rings is 1. The van der Waals surface area contributed by atoms with Gasteiger partial charge in [-0.1, -0.05) is 6.92 Å². The van der Waals surface area contributed by atoms with E-state index in [-0.39, 0.29) is 24.0 Å². The van der Waals surface area contributed by atoms with Gasteiger partial charge in [0.05, 0.1) is 20.8 Å². The van der Waals surface area contributed by atoms with Crippen LogP contribution in [-0.4, -0.2) is 31.7 Å². The quantitative estimate of drug-likeness (QED) is 0.360. The minimum Gasteiger partial charge on any atom is -0.493 e. The first-order valence-electron chi connectivity index (χ1n) is 7.91. The Morgan fingerprint density at radius 2 is 1.96 bits per heavy atom. The van der Waals surface area contributed by atoms with Crippen molar-refractivity contribution in [3.8, 4) is 11.5 Å². The molecule has 2 rings (SSSR count). The molecule has 0 aliphatic rings. The van der Waals surface area contributed by atoms with E-state index >= 15 is 0 Å². The van der Waals surface area contributed by atoms with Gasteiger partial charge in [0.25, 0.3) is 0 Å². The van der Waals surface area contributed by atoms with Gasteiger partial charge in [-0.05, 0) is 25.5 Å². The zero-order valence-electron chi connectivity index (χ0n) is 15.0. The fourth-order valence-electron chi connectivity index (χ4n) is 2.09. The average Bonchev–Trinajstić information content (AvgIpc) is 3.08. The summed E-state index contributed by atoms with van der Waals surface area (Å²) >= 11 is 1.70. The number of halogens is 1. The highest BCUT2D eigenvalue weighted by molar-refractivity contribution is 14.0. The predicted octanol–water partition coefficient (Wildman–Crippen LogP) is 3.92. The number of aromatic nitrogens is 1. The maximum Gasteiger partial charge on any atom is 0.196 e. The lowest BCUT2D eigenvalue weighted by Crippen LogP contribution is -2.30. The Hall–Kier alpha value is -1.55. The smallest absolute Gasteiger partial charge is 0.196 e. The van der Waals surface area contributed by atoms with Crippen LogP contribution in [0.4, 0.5) is 5.69 Å². The maximum absolute atomic E-state index is 5.33. The molecule has 0 atom stereocenters. The second-order valence-corrected chi connectivity index (χ2v) is 6.16. The van der Waals surface area contributed by atoms with Crippen molar-refractivity contribution in [1.29, 1.82) is 0 Å². The highest BCUT2D eigenvalue weighted by atomic mass is 127. The molecule has 0 radical (unpaired) electrons. The van der Waals surface area contributed by atoms with E-state index in [2.05, 4.69) is 27.5 Å². The monoisotopic (exact) mass is 476 g/mol. The van der Waals surface area contributed by atoms with Crippen molar-refractivity contribution in [3.05, 3.63) is 34.3 Å². The number of methoxy groups -OCH3 is 2. The molecule has 0 amide bonds. The molecule has 1 aromatic carbocycles. The summed E-state index contributed by atoms with van der Waals surface area (Å²) in [4.78, 5) is 10.3. The van der Waals surface area contributed by atoms with E-state index in [9.17, 15) is 0 Å². The second kappa shape index (κ2) is 11.1. The molecule has 6 nitrogen and oxygen atoms in total. The van der Waals surface area contributed by atoms with E-state index in [0.29, 0.717) is 24.0 Å². The molecule has 1 heterocycles. The Labute approximate surface area is 170 Å². The van der Waals surface area contributed by atoms with Crippen LogP contribution in [0.15, 0.2) is 29.4 Å². The molecule has 0 spiro atoms. The molecule has 0 saturated heterocycles. The standard InChI is InChI=1S/C17H24N4O2S.HI/c1-5-13-10-19-16(24-13)11-20-17(18-6-2)21-12-7-8-14(22-3)15(9-12)23-4;/h7-10H,5-6,11H2,1-4H3,(H2,18,20,21);1H. The van der Waals surface area contributed by atoms with Crippen molar-refractivity contribution in [1.82, 2.24) is 10.3 Å². The van der Waals surface area contributed by atoms with Crippen molar-refractivity contribution < 1.29 is 9.47 Å². The molecule has 0 saturated carbocycles. The van der Waals surface area contributed by atoms with Crippen LogP contribution < -0.4 is 20.1 Å². The molecule has 2 aromatic rings. The summed E-state index contributed by atoms with van der Waals surface area (Å²) in [5.41, 5.74) is 0.876. The summed E-state index contributed by atoms with van der Waals surface area (Å²) in [6.07, 6.45) is 2.93. The molecule has 8 heteroatoms. The van der Waals surface area contributed by atoms with Gasteiger partial charge in [-0.3, -0.25) is 0 Å². The number of hydrogen-bond donors (Lipinski definition) is 2. The number of guanidine groups is 1. The number of aliphatic imine (C=N–C) groups is 1. The Bertz CT molecular complexity index is 691. The third-order valence-electron chi connectivity index (χ3n) is 3.31. The first kappa shape index (κ1) is 21.5. The lowest BCUT2D eigenvalue weighted by atomic mass is 10.3. The van der Waals surface area contributed by atoms with Crippen molar-refractivity contribution in [2.75, 3.05) is 26.1 Å². The molecule has 2 N–H and O–H groups in total. The lowest BCUT2D eigenvalue weighted by molar-refractivity contribution is 0.355. The van der Waals surface area contributed by atoms with Crippen LogP contribution in [0.5, 0.6) is 11.5 Å². The molecular formula is C17H25IN4O2S. The van der Waals surface area contributed by atoms with E-state index in [0.717, 1.165) is 23.7 Å². The largest absolute Gasteiger partial charge is 0.493 e. The SMILES string of the molecule is CCNC(=NCc1ncc(CC)s1)Nc1ccc(OC)c(OC)c1.I. The van der Waals surface area contributed by atoms with E-state index < -0.39 is 0 Å². The minimum atomic E-state index is 0. The van der Waals surface area contributed by atoms with Gasteiger partial charge in [0, 0.05) is 29.4 Å². The third kappa shape index (κ3) is 6.35. The van der Waals surface area contributed by atoms with Gasteiger partial charge in [-0.15, -0.1) is 35.3 Å². The number of nitrogens with one attached hydrogen (secondary N) is 2. The van der Waals surface area contributed by atoms with Gasteiger partial charge in [-0.2, -0.15) is 0 Å². The van der Waals surface area contributed by atoms with E-state index in [1.165, 1.54) is 4.88 Å². The molecule has 0 bridgehead atoms. The van der Waals surface area contributed by atoms with Crippen molar-refractivity contribution in [2.45, 2.75) is 26.8 Å². The molecule has 25 heavy (non-hydrogen) atoms. The minimum absolute atomic E-state index is 0. The Balaban J connectivity index is 0.00000312. The summed E-state index contributed by atoms with van der Waals surface area (Å²) in [5.74, 6) is 2.07. The molecular weight excluding hydrogens is 451 g/mol. The maximum atomic E-state index is 5.33. The Kier molecular flexibility index (Phi) is 9.58. The normalized spacial score (nSPS) is 10.8. The van der Waals surface area contributed by atoms with Crippen LogP contribution in [-0.2, 0) is 13.0 Å². The van der Waals surface area contributed by atoms with Crippen LogP contribution >= 0.6 is 35.3 Å². The summed E-state index contributed by atoms with van der Waals surface area (Å²) in [5, 5.41) is 7.52. The number of hydrogen-bond acceptors (Lipinski definition) is 5. The number of nitrogens with zero attached hydrogens (tertiary/aromatic N) is 2. The summed E-state index contributed by atoms with van der Waals surface area (Å²) in [6, 6.07) is 5.66. The number of thiazole rings is 1. The number of aryl methyl sites for hydroxylation is 1. The summed E-state index contributed by atoms with van der Waals surface area (Å²) in [6.45, 7) is 5.48. The molecule has 1 aromatic heterocycles. The second-order valence-electron chi connectivity index (χ2n) is 4.96. The van der Waals surface area contributed by atoms with Crippen LogP contribution in [0.25, 0.3) is 0 Å². The van der Waals surface area contributed by atoms with Gasteiger partial charge in [0.15, 0.2) is 17.5 Å². The van der Waals surface area contributed by atoms with E-state index in [1.54, 1.807) is 25.6 Å². The third-order valence-corrected chi connectivity index (χ3v) is 4.44. The average molecular weight is 476 g/mol. The topological polar surface area (TPSA) is 67.8 Å². The van der Waals surface area contributed by atoms with Crippen LogP contribution in [0.2, 0.25) is 0 Å². The fraction of sp³-hybridized carbons (Fsp3) is 0.412. The summed E-state index contributed by atoms with van der Waals surface area (Å²) < 4.78 is 10.6. The number of rotatable bonds is 7. The van der Waals surface area contributed by atoms with E-state index in [4.69, 9.17) is 9.47 Å². The zero-order valence-corrected chi connectivity index (χ0v) is 18.1. The van der Waals surface area contributed by atoms with E-state index in [1.807, 2.05) is 31.3 Å². The van der Waals surface area contributed by atoms with Crippen molar-refractivity contribution >= 4 is 47.0 Å². The van der Waals surface area contributed by atoms with Crippen molar-refractivity contribution in [2.24, 2.45) is 4.99 Å². The van der Waals surface area contributed by atoms with Crippen LogP contribution in [0.1, 0.15) is 23.7 Å². The number of ether oxygens (including phenoxy) is 2. The highest BCUT2D eigenvalue weighted by Crippen LogP contribution is 2.29. The molecule has 0 unspecified atom stereocenters. The summed E-state index contributed by atoms with van der Waals surface area (Å²) in [7, 11) is 3.24. The zero-order chi connectivity index (χ0) is 17.4. The molecule has 138 valence electrons. The van der Waals surface area contributed by atoms with Gasteiger partial charge in [-0.25, -0.2) is 9.98 Å². The molecule has 0 fully saturated rings. The molecule has 0 aliphatic heterocycles. The van der Waals surface area contributed by atoms with Gasteiger partial charge in [0.1, 0.15) is 5.01 Å². The fourth-order valence-corrected chi connectivity index (χ4v) is 2.88. The van der Waals surface area contributed by atoms with Gasteiger partial charge < -0.3 is 20.1 Å². The van der Waals surface area contributed by atoms with Gasteiger partial charge >= 0.3 is 0 Å².